The first-order valence-corrected chi connectivity index (χ1v) is 5.23. The average Bonchev–Trinajstić information content (AvgIpc) is 2.82. The third-order valence-corrected chi connectivity index (χ3v) is 2.22. The van der Waals surface area contributed by atoms with E-state index in [2.05, 4.69) is 10.3 Å². The summed E-state index contributed by atoms with van der Waals surface area (Å²) in [5, 5.41) is 29.8. The van der Waals surface area contributed by atoms with E-state index in [9.17, 15) is 19.7 Å². The van der Waals surface area contributed by atoms with Crippen LogP contribution in [-0.2, 0) is 16.1 Å². The minimum absolute atomic E-state index is 0.0860. The van der Waals surface area contributed by atoms with Crippen LogP contribution in [-0.4, -0.2) is 49.2 Å². The van der Waals surface area contributed by atoms with Crippen LogP contribution in [0.3, 0.4) is 0 Å². The van der Waals surface area contributed by atoms with Crippen molar-refractivity contribution < 1.29 is 24.7 Å². The van der Waals surface area contributed by atoms with Crippen LogP contribution in [0.2, 0.25) is 0 Å². The maximum absolute atomic E-state index is 11.4. The Morgan fingerprint density at radius 3 is 2.74 bits per heavy atom. The Morgan fingerprint density at radius 2 is 2.26 bits per heavy atom. The van der Waals surface area contributed by atoms with Crippen molar-refractivity contribution in [2.45, 2.75) is 19.0 Å². The first kappa shape index (κ1) is 14.6. The number of carboxylic acids is 1. The zero-order valence-corrected chi connectivity index (χ0v) is 9.72. The van der Waals surface area contributed by atoms with E-state index in [4.69, 9.17) is 10.2 Å². The summed E-state index contributed by atoms with van der Waals surface area (Å²) in [6, 6.07) is -1.36. The van der Waals surface area contributed by atoms with Crippen LogP contribution in [0.15, 0.2) is 12.5 Å². The number of rotatable bonds is 7. The minimum atomic E-state index is -1.36. The molecule has 1 rings (SSSR count). The van der Waals surface area contributed by atoms with Gasteiger partial charge in [-0.05, 0) is 9.91 Å². The van der Waals surface area contributed by atoms with Gasteiger partial charge in [0, 0.05) is 13.0 Å². The van der Waals surface area contributed by atoms with E-state index in [1.165, 1.54) is 10.9 Å². The highest BCUT2D eigenvalue weighted by Gasteiger charge is 2.18. The van der Waals surface area contributed by atoms with Gasteiger partial charge < -0.3 is 30.2 Å². The van der Waals surface area contributed by atoms with E-state index in [-0.39, 0.29) is 18.8 Å². The Balaban J connectivity index is 2.45. The third kappa shape index (κ3) is 4.35. The quantitative estimate of drug-likeness (QED) is 0.414. The molecule has 0 saturated heterocycles. The van der Waals surface area contributed by atoms with Crippen LogP contribution in [0.25, 0.3) is 0 Å². The monoisotopic (exact) mass is 272 g/mol. The van der Waals surface area contributed by atoms with E-state index in [1.807, 2.05) is 0 Å². The SMILES string of the molecule is O=C(CCn1cnc([N+](=O)[O-])c1)N[C@H](CO)C(=O)O. The Morgan fingerprint density at radius 1 is 1.58 bits per heavy atom. The van der Waals surface area contributed by atoms with Crippen molar-refractivity contribution in [2.75, 3.05) is 6.61 Å². The molecule has 10 nitrogen and oxygen atoms in total. The molecule has 19 heavy (non-hydrogen) atoms. The van der Waals surface area contributed by atoms with Crippen LogP contribution in [0, 0.1) is 10.1 Å². The van der Waals surface area contributed by atoms with Crippen molar-refractivity contribution in [3.8, 4) is 0 Å². The van der Waals surface area contributed by atoms with Crippen molar-refractivity contribution in [1.29, 1.82) is 0 Å². The minimum Gasteiger partial charge on any atom is -0.480 e. The highest BCUT2D eigenvalue weighted by Crippen LogP contribution is 2.06. The van der Waals surface area contributed by atoms with Crippen molar-refractivity contribution in [2.24, 2.45) is 0 Å². The zero-order valence-electron chi connectivity index (χ0n) is 9.72. The van der Waals surface area contributed by atoms with Gasteiger partial charge in [0.15, 0.2) is 0 Å². The van der Waals surface area contributed by atoms with Crippen LogP contribution in [0.4, 0.5) is 5.82 Å². The second-order valence-corrected chi connectivity index (χ2v) is 3.62. The molecule has 3 N–H and O–H groups in total. The summed E-state index contributed by atoms with van der Waals surface area (Å²) in [6.45, 7) is -0.595. The lowest BCUT2D eigenvalue weighted by Crippen LogP contribution is -2.43. The molecule has 0 unspecified atom stereocenters. The number of nitrogens with zero attached hydrogens (tertiary/aromatic N) is 3. The molecule has 0 bridgehead atoms. The lowest BCUT2D eigenvalue weighted by molar-refractivity contribution is -0.389. The van der Waals surface area contributed by atoms with Crippen molar-refractivity contribution >= 4 is 17.7 Å². The van der Waals surface area contributed by atoms with E-state index in [0.29, 0.717) is 0 Å². The molecule has 0 spiro atoms. The first-order chi connectivity index (χ1) is 8.93. The van der Waals surface area contributed by atoms with Crippen LogP contribution in [0.1, 0.15) is 6.42 Å². The molecule has 1 atom stereocenters. The lowest BCUT2D eigenvalue weighted by atomic mass is 10.3. The van der Waals surface area contributed by atoms with Gasteiger partial charge >= 0.3 is 11.8 Å². The van der Waals surface area contributed by atoms with E-state index < -0.39 is 29.4 Å². The van der Waals surface area contributed by atoms with Gasteiger partial charge in [-0.25, -0.2) is 4.79 Å². The molecule has 104 valence electrons. The molecule has 0 saturated carbocycles. The van der Waals surface area contributed by atoms with E-state index in [1.54, 1.807) is 0 Å². The van der Waals surface area contributed by atoms with E-state index >= 15 is 0 Å². The maximum Gasteiger partial charge on any atom is 0.381 e. The van der Waals surface area contributed by atoms with Crippen LogP contribution < -0.4 is 5.32 Å². The van der Waals surface area contributed by atoms with Crippen molar-refractivity contribution in [3.05, 3.63) is 22.6 Å². The number of nitrogens with one attached hydrogen (secondary N) is 1. The van der Waals surface area contributed by atoms with Gasteiger partial charge in [-0.2, -0.15) is 0 Å². The number of aromatic nitrogens is 2. The predicted octanol–water partition coefficient (Wildman–Crippen LogP) is -1.26. The second kappa shape index (κ2) is 6.44. The van der Waals surface area contributed by atoms with Crippen molar-refractivity contribution in [1.82, 2.24) is 14.9 Å². The van der Waals surface area contributed by atoms with Gasteiger partial charge in [0.05, 0.1) is 6.61 Å². The van der Waals surface area contributed by atoms with Gasteiger partial charge in [0.2, 0.25) is 12.2 Å². The number of carboxylic acid groups (broad SMARTS) is 1. The highest BCUT2D eigenvalue weighted by molar-refractivity contribution is 5.83. The number of carbonyl (C=O) groups is 2. The van der Waals surface area contributed by atoms with Crippen LogP contribution in [0.5, 0.6) is 0 Å². The largest absolute Gasteiger partial charge is 0.480 e. The number of hydrogen-bond acceptors (Lipinski definition) is 6. The standard InChI is InChI=1S/C9H12N4O6/c14-4-6(9(16)17)11-8(15)1-2-12-3-7(10-5-12)13(18)19/h3,5-6,14H,1-2,4H2,(H,11,15)(H,16,17)/t6-/m1/s1. The number of carbonyl (C=O) groups excluding carboxylic acids is 1. The molecule has 1 amide bonds. The molecule has 0 aliphatic carbocycles. The molecular weight excluding hydrogens is 260 g/mol. The Kier molecular flexibility index (Phi) is 4.94. The molecule has 0 aliphatic rings. The number of aliphatic carboxylic acids is 1. The normalized spacial score (nSPS) is 11.8. The number of aryl methyl sites for hydroxylation is 1. The summed E-state index contributed by atoms with van der Waals surface area (Å²) < 4.78 is 1.34. The molecular formula is C9H12N4O6. The van der Waals surface area contributed by atoms with Crippen molar-refractivity contribution in [3.63, 3.8) is 0 Å². The number of imidazole rings is 1. The zero-order chi connectivity index (χ0) is 14.4. The molecule has 1 heterocycles. The van der Waals surface area contributed by atoms with Gasteiger partial charge in [-0.1, -0.05) is 0 Å². The number of nitro groups is 1. The van der Waals surface area contributed by atoms with Gasteiger partial charge in [-0.3, -0.25) is 4.79 Å². The number of aliphatic hydroxyl groups is 1. The highest BCUT2D eigenvalue weighted by atomic mass is 16.6. The number of hydrogen-bond donors (Lipinski definition) is 3. The molecule has 1 aromatic rings. The molecule has 10 heteroatoms. The first-order valence-electron chi connectivity index (χ1n) is 5.23. The summed E-state index contributed by atoms with van der Waals surface area (Å²) in [5.74, 6) is -2.26. The summed E-state index contributed by atoms with van der Waals surface area (Å²) >= 11 is 0. The summed E-state index contributed by atoms with van der Waals surface area (Å²) in [7, 11) is 0. The smallest absolute Gasteiger partial charge is 0.381 e. The van der Waals surface area contributed by atoms with Crippen LogP contribution >= 0.6 is 0 Å². The maximum atomic E-state index is 11.4. The molecule has 0 aromatic carbocycles. The fourth-order valence-electron chi connectivity index (χ4n) is 1.25. The number of aliphatic hydroxyl groups excluding tert-OH is 1. The number of amides is 1. The third-order valence-electron chi connectivity index (χ3n) is 2.22. The van der Waals surface area contributed by atoms with E-state index in [0.717, 1.165) is 6.20 Å². The average molecular weight is 272 g/mol. The predicted molar refractivity (Wildman–Crippen MR) is 60.2 cm³/mol. The Labute approximate surface area is 106 Å². The molecule has 1 aromatic heterocycles. The van der Waals surface area contributed by atoms with Gasteiger partial charge in [0.25, 0.3) is 0 Å². The Hall–Kier alpha value is -2.49. The summed E-state index contributed by atoms with van der Waals surface area (Å²) in [6.07, 6.45) is 2.28. The second-order valence-electron chi connectivity index (χ2n) is 3.62. The fourth-order valence-corrected chi connectivity index (χ4v) is 1.25. The summed E-state index contributed by atoms with van der Waals surface area (Å²) in [4.78, 5) is 35.1. The topological polar surface area (TPSA) is 148 Å². The fraction of sp³-hybridized carbons (Fsp3) is 0.444. The molecule has 0 fully saturated rings. The summed E-state index contributed by atoms with van der Waals surface area (Å²) in [5.41, 5.74) is 0. The molecule has 0 aliphatic heterocycles. The lowest BCUT2D eigenvalue weighted by Gasteiger charge is -2.11. The van der Waals surface area contributed by atoms with Gasteiger partial charge in [-0.15, -0.1) is 0 Å². The van der Waals surface area contributed by atoms with Gasteiger partial charge in [0.1, 0.15) is 12.2 Å². The molecule has 0 radical (unpaired) electrons. The Bertz CT molecular complexity index is 485.